The molecule has 4 N–H and O–H groups in total. The molecule has 10 heteroatoms. The number of unbranched alkanes of at least 4 members (excludes halogenated alkanes) is 14. The fourth-order valence-corrected chi connectivity index (χ4v) is 7.10. The van der Waals surface area contributed by atoms with E-state index in [1.165, 1.54) is 51.4 Å². The van der Waals surface area contributed by atoms with E-state index in [0.717, 1.165) is 83.5 Å². The monoisotopic (exact) mass is 876 g/mol. The third kappa shape index (κ3) is 42.7. The molecule has 0 aromatic heterocycles. The Morgan fingerprint density at radius 2 is 1.03 bits per heavy atom. The lowest BCUT2D eigenvalue weighted by atomic mass is 10.0. The van der Waals surface area contributed by atoms with Gasteiger partial charge in [0.15, 0.2) is 0 Å². The Hall–Kier alpha value is -2.36. The number of rotatable bonds is 42. The Bertz CT molecular complexity index is 1280. The number of carbonyl (C=O) groups is 1. The highest BCUT2D eigenvalue weighted by Gasteiger charge is 2.31. The van der Waals surface area contributed by atoms with Crippen molar-refractivity contribution < 1.29 is 38.0 Å². The van der Waals surface area contributed by atoms with E-state index in [-0.39, 0.29) is 18.9 Å². The lowest BCUT2D eigenvalue weighted by Gasteiger charge is -2.28. The number of quaternary nitrogens is 1. The van der Waals surface area contributed by atoms with E-state index in [4.69, 9.17) is 9.05 Å². The molecule has 0 aliphatic heterocycles. The number of carbonyl (C=O) groups excluding carboxylic acids is 1. The SMILES string of the molecule is CC/C=C\C/C=C\C/C=C\C/C=C\C/C=C\CCCCCCCCCCCC(=O)NC(COP(=O)(O)OCC[N+](C)(C)C)C(O)C(O)CCC/C=C/CC/C=C/CCCCC. The number of hydrogen-bond donors (Lipinski definition) is 4. The maximum absolute atomic E-state index is 12.9. The summed E-state index contributed by atoms with van der Waals surface area (Å²) in [5, 5.41) is 24.7. The average molecular weight is 876 g/mol. The van der Waals surface area contributed by atoms with Crippen LogP contribution in [0.5, 0.6) is 0 Å². The minimum absolute atomic E-state index is 0.00799. The second kappa shape index (κ2) is 41.6. The van der Waals surface area contributed by atoms with Gasteiger partial charge in [-0.2, -0.15) is 0 Å². The van der Waals surface area contributed by atoms with E-state index < -0.39 is 32.7 Å². The van der Waals surface area contributed by atoms with Crippen molar-refractivity contribution in [2.75, 3.05) is 40.9 Å². The van der Waals surface area contributed by atoms with Crippen LogP contribution in [-0.4, -0.2) is 84.6 Å². The first-order valence-corrected chi connectivity index (χ1v) is 25.5. The van der Waals surface area contributed by atoms with E-state index in [1.54, 1.807) is 0 Å². The number of nitrogens with zero attached hydrogens (tertiary/aromatic N) is 1. The van der Waals surface area contributed by atoms with E-state index >= 15 is 0 Å². The molecule has 0 aromatic carbocycles. The van der Waals surface area contributed by atoms with Gasteiger partial charge in [0, 0.05) is 6.42 Å². The lowest BCUT2D eigenvalue weighted by molar-refractivity contribution is -0.870. The van der Waals surface area contributed by atoms with Crippen LogP contribution in [0.3, 0.4) is 0 Å². The van der Waals surface area contributed by atoms with Crippen molar-refractivity contribution >= 4 is 13.7 Å². The van der Waals surface area contributed by atoms with Gasteiger partial charge in [0.1, 0.15) is 19.3 Å². The number of aliphatic hydroxyl groups is 2. The van der Waals surface area contributed by atoms with Gasteiger partial charge in [0.05, 0.1) is 39.9 Å². The zero-order chi connectivity index (χ0) is 45.1. The fourth-order valence-electron chi connectivity index (χ4n) is 6.36. The summed E-state index contributed by atoms with van der Waals surface area (Å²) in [6.07, 6.45) is 53.7. The zero-order valence-corrected chi connectivity index (χ0v) is 40.4. The van der Waals surface area contributed by atoms with Crippen molar-refractivity contribution in [3.05, 3.63) is 85.1 Å². The zero-order valence-electron chi connectivity index (χ0n) is 39.5. The third-order valence-corrected chi connectivity index (χ3v) is 11.2. The van der Waals surface area contributed by atoms with Gasteiger partial charge in [-0.1, -0.05) is 157 Å². The molecule has 0 rings (SSSR count). The average Bonchev–Trinajstić information content (AvgIpc) is 3.21. The summed E-state index contributed by atoms with van der Waals surface area (Å²) in [6.45, 7) is 4.40. The van der Waals surface area contributed by atoms with Crippen LogP contribution in [0, 0.1) is 0 Å². The minimum atomic E-state index is -4.43. The van der Waals surface area contributed by atoms with Crippen LogP contribution in [0.15, 0.2) is 85.1 Å². The molecule has 352 valence electrons. The van der Waals surface area contributed by atoms with Crippen molar-refractivity contribution in [3.63, 3.8) is 0 Å². The lowest BCUT2D eigenvalue weighted by Crippen LogP contribution is -2.51. The van der Waals surface area contributed by atoms with Gasteiger partial charge in [-0.3, -0.25) is 13.8 Å². The van der Waals surface area contributed by atoms with Gasteiger partial charge >= 0.3 is 7.82 Å². The highest BCUT2D eigenvalue weighted by molar-refractivity contribution is 7.47. The molecule has 9 nitrogen and oxygen atoms in total. The van der Waals surface area contributed by atoms with Gasteiger partial charge in [-0.15, -0.1) is 0 Å². The Balaban J connectivity index is 4.41. The van der Waals surface area contributed by atoms with Crippen LogP contribution in [0.4, 0.5) is 0 Å². The summed E-state index contributed by atoms with van der Waals surface area (Å²) in [5.74, 6) is -0.284. The molecule has 0 aromatic rings. The summed E-state index contributed by atoms with van der Waals surface area (Å²) in [4.78, 5) is 23.2. The number of aliphatic hydroxyl groups excluding tert-OH is 2. The molecule has 0 radical (unpaired) electrons. The van der Waals surface area contributed by atoms with Crippen LogP contribution in [0.2, 0.25) is 0 Å². The molecule has 0 bridgehead atoms. The normalized spacial score (nSPS) is 15.5. The van der Waals surface area contributed by atoms with Crippen molar-refractivity contribution in [2.45, 2.75) is 193 Å². The van der Waals surface area contributed by atoms with Gasteiger partial charge in [0.2, 0.25) is 5.91 Å². The molecule has 4 unspecified atom stereocenters. The smallest absolute Gasteiger partial charge is 0.390 e. The number of nitrogens with one attached hydrogen (secondary N) is 1. The maximum Gasteiger partial charge on any atom is 0.472 e. The molecule has 0 aliphatic rings. The molecule has 1 amide bonds. The first-order valence-electron chi connectivity index (χ1n) is 24.0. The number of phosphoric acid groups is 1. The Morgan fingerprint density at radius 3 is 1.56 bits per heavy atom. The summed E-state index contributed by atoms with van der Waals surface area (Å²) in [5.41, 5.74) is 0. The molecule has 4 atom stereocenters. The Morgan fingerprint density at radius 1 is 0.590 bits per heavy atom. The summed E-state index contributed by atoms with van der Waals surface area (Å²) in [7, 11) is 1.39. The van der Waals surface area contributed by atoms with Crippen LogP contribution in [0.1, 0.15) is 174 Å². The predicted molar refractivity (Wildman–Crippen MR) is 259 cm³/mol. The van der Waals surface area contributed by atoms with Gasteiger partial charge in [0.25, 0.3) is 0 Å². The van der Waals surface area contributed by atoms with Gasteiger partial charge < -0.3 is 24.9 Å². The molecule has 0 saturated heterocycles. The van der Waals surface area contributed by atoms with Crippen LogP contribution in [-0.2, 0) is 18.4 Å². The highest BCUT2D eigenvalue weighted by Crippen LogP contribution is 2.43. The largest absolute Gasteiger partial charge is 0.472 e. The fraction of sp³-hybridized carbons (Fsp3) is 0.706. The second-order valence-electron chi connectivity index (χ2n) is 17.2. The van der Waals surface area contributed by atoms with E-state index in [1.807, 2.05) is 21.1 Å². The van der Waals surface area contributed by atoms with Crippen molar-refractivity contribution in [1.29, 1.82) is 0 Å². The maximum atomic E-state index is 12.9. The molecular weight excluding hydrogens is 784 g/mol. The van der Waals surface area contributed by atoms with Crippen LogP contribution < -0.4 is 5.32 Å². The molecule has 0 spiro atoms. The Kier molecular flexibility index (Phi) is 40.0. The first-order chi connectivity index (χ1) is 29.4. The quantitative estimate of drug-likeness (QED) is 0.0208. The first kappa shape index (κ1) is 58.6. The molecule has 0 saturated carbocycles. The summed E-state index contributed by atoms with van der Waals surface area (Å²) >= 11 is 0. The number of hydrogen-bond acceptors (Lipinski definition) is 6. The van der Waals surface area contributed by atoms with Crippen LogP contribution in [0.25, 0.3) is 0 Å². The number of likely N-dealkylation sites (N-methyl/N-ethyl adjacent to an activating group) is 1. The third-order valence-electron chi connectivity index (χ3n) is 10.2. The molecular formula is C51H92N2O7P+. The van der Waals surface area contributed by atoms with Crippen molar-refractivity contribution in [1.82, 2.24) is 5.32 Å². The van der Waals surface area contributed by atoms with Gasteiger partial charge in [-0.25, -0.2) is 4.57 Å². The van der Waals surface area contributed by atoms with E-state index in [0.29, 0.717) is 30.3 Å². The molecule has 61 heavy (non-hydrogen) atoms. The summed E-state index contributed by atoms with van der Waals surface area (Å²) in [6, 6.07) is -1.06. The second-order valence-corrected chi connectivity index (χ2v) is 18.7. The highest BCUT2D eigenvalue weighted by atomic mass is 31.2. The molecule has 0 aliphatic carbocycles. The standard InChI is InChI=1S/C51H91N2O7P/c1-6-8-10-12-14-16-18-20-21-22-23-24-25-26-27-28-29-30-31-32-34-36-38-40-42-44-50(55)52-48(47-60-61(57,58)59-46-45-53(3,4)5)51(56)49(54)43-41-39-37-35-33-19-17-15-13-11-9-7-2/h8,10,14-17,20-21,23-24,26-27,35,37,48-49,51,54,56H,6-7,9,11-13,18-19,22,25,28-34,36,38-47H2,1-5H3,(H-,52,55,57,58)/p+1/b10-8-,16-14-,17-15+,21-20-,24-23-,27-26-,37-35+. The van der Waals surface area contributed by atoms with E-state index in [2.05, 4.69) is 104 Å². The number of phosphoric ester groups is 1. The van der Waals surface area contributed by atoms with Crippen LogP contribution >= 0.6 is 7.82 Å². The topological polar surface area (TPSA) is 125 Å². The van der Waals surface area contributed by atoms with Crippen molar-refractivity contribution in [2.24, 2.45) is 0 Å². The summed E-state index contributed by atoms with van der Waals surface area (Å²) < 4.78 is 23.5. The minimum Gasteiger partial charge on any atom is -0.390 e. The van der Waals surface area contributed by atoms with E-state index in [9.17, 15) is 24.5 Å². The number of allylic oxidation sites excluding steroid dienone is 14. The molecule has 0 heterocycles. The molecule has 0 fully saturated rings. The number of amides is 1. The van der Waals surface area contributed by atoms with Crippen molar-refractivity contribution in [3.8, 4) is 0 Å². The predicted octanol–water partition coefficient (Wildman–Crippen LogP) is 12.7. The van der Waals surface area contributed by atoms with Gasteiger partial charge in [-0.05, 0) is 96.3 Å². The Labute approximate surface area is 374 Å².